The number of hydrogen-bond acceptors (Lipinski definition) is 3. The molecule has 0 radical (unpaired) electrons. The van der Waals surface area contributed by atoms with Crippen LogP contribution in [0.15, 0.2) is 29.2 Å². The normalized spacial score (nSPS) is 15.0. The molecule has 146 valence electrons. The standard InChI is InChI=1S/C19H24ClN3O3S/c1-13-7-8-15(11-16(13)20)21-27(25,26)18-12-17(22(3)14(18)2)19(24)23-9-5-4-6-10-23/h7-8,11-12,21H,4-6,9-10H2,1-3H3. The molecule has 1 aliphatic rings. The van der Waals surface area contributed by atoms with Gasteiger partial charge in [0, 0.05) is 30.9 Å². The van der Waals surface area contributed by atoms with Gasteiger partial charge in [-0.15, -0.1) is 0 Å². The van der Waals surface area contributed by atoms with Crippen LogP contribution in [0.2, 0.25) is 5.02 Å². The van der Waals surface area contributed by atoms with Crippen LogP contribution < -0.4 is 4.72 Å². The van der Waals surface area contributed by atoms with Crippen LogP contribution in [0.1, 0.15) is 41.0 Å². The number of nitrogens with one attached hydrogen (secondary N) is 1. The van der Waals surface area contributed by atoms with E-state index in [0.717, 1.165) is 24.8 Å². The van der Waals surface area contributed by atoms with E-state index in [9.17, 15) is 13.2 Å². The summed E-state index contributed by atoms with van der Waals surface area (Å²) in [6.07, 6.45) is 3.09. The molecule has 1 amide bonds. The third kappa shape index (κ3) is 3.99. The average Bonchev–Trinajstić information content (AvgIpc) is 2.94. The van der Waals surface area contributed by atoms with Gasteiger partial charge in [0.1, 0.15) is 10.6 Å². The summed E-state index contributed by atoms with van der Waals surface area (Å²) in [5.41, 5.74) is 2.15. The largest absolute Gasteiger partial charge is 0.343 e. The van der Waals surface area contributed by atoms with Crippen molar-refractivity contribution in [3.63, 3.8) is 0 Å². The minimum absolute atomic E-state index is 0.0991. The zero-order valence-electron chi connectivity index (χ0n) is 15.8. The van der Waals surface area contributed by atoms with Crippen LogP contribution in [0, 0.1) is 13.8 Å². The van der Waals surface area contributed by atoms with E-state index in [2.05, 4.69) is 4.72 Å². The van der Waals surface area contributed by atoms with E-state index in [1.165, 1.54) is 6.07 Å². The van der Waals surface area contributed by atoms with Gasteiger partial charge < -0.3 is 9.47 Å². The van der Waals surface area contributed by atoms with Crippen molar-refractivity contribution in [3.05, 3.63) is 46.2 Å². The number of sulfonamides is 1. The first-order valence-electron chi connectivity index (χ1n) is 8.95. The molecule has 1 aromatic carbocycles. The van der Waals surface area contributed by atoms with Gasteiger partial charge in [-0.25, -0.2) is 8.42 Å². The number of piperidine rings is 1. The summed E-state index contributed by atoms with van der Waals surface area (Å²) in [5, 5.41) is 0.487. The molecule has 0 spiro atoms. The molecular formula is C19H24ClN3O3S. The maximum absolute atomic E-state index is 12.9. The summed E-state index contributed by atoms with van der Waals surface area (Å²) in [6.45, 7) is 4.97. The zero-order chi connectivity index (χ0) is 19.8. The molecule has 0 saturated carbocycles. The summed E-state index contributed by atoms with van der Waals surface area (Å²) in [5.74, 6) is -0.125. The third-order valence-corrected chi connectivity index (χ3v) is 6.97. The first-order chi connectivity index (χ1) is 12.7. The van der Waals surface area contributed by atoms with E-state index < -0.39 is 10.0 Å². The topological polar surface area (TPSA) is 71.4 Å². The minimum atomic E-state index is -3.84. The Labute approximate surface area is 165 Å². The predicted molar refractivity (Wildman–Crippen MR) is 107 cm³/mol. The number of halogens is 1. The molecule has 1 aliphatic heterocycles. The molecule has 1 aromatic heterocycles. The Balaban J connectivity index is 1.91. The van der Waals surface area contributed by atoms with Gasteiger partial charge in [0.25, 0.3) is 15.9 Å². The van der Waals surface area contributed by atoms with Crippen molar-refractivity contribution in [2.45, 2.75) is 38.0 Å². The fraction of sp³-hybridized carbons (Fsp3) is 0.421. The molecule has 2 heterocycles. The maximum atomic E-state index is 12.9. The summed E-state index contributed by atoms with van der Waals surface area (Å²) in [6, 6.07) is 6.46. The molecule has 2 aromatic rings. The van der Waals surface area contributed by atoms with Gasteiger partial charge in [0.15, 0.2) is 0 Å². The number of anilines is 1. The Morgan fingerprint density at radius 3 is 2.41 bits per heavy atom. The minimum Gasteiger partial charge on any atom is -0.343 e. The Kier molecular flexibility index (Phi) is 5.53. The quantitative estimate of drug-likeness (QED) is 0.836. The summed E-state index contributed by atoms with van der Waals surface area (Å²) in [4.78, 5) is 14.7. The molecule has 6 nitrogen and oxygen atoms in total. The number of carbonyl (C=O) groups excluding carboxylic acids is 1. The lowest BCUT2D eigenvalue weighted by Gasteiger charge is -2.26. The molecule has 1 saturated heterocycles. The van der Waals surface area contributed by atoms with E-state index in [4.69, 9.17) is 11.6 Å². The molecular weight excluding hydrogens is 386 g/mol. The van der Waals surface area contributed by atoms with Gasteiger partial charge in [-0.05, 0) is 56.9 Å². The summed E-state index contributed by atoms with van der Waals surface area (Å²) >= 11 is 6.09. The molecule has 27 heavy (non-hydrogen) atoms. The van der Waals surface area contributed by atoms with Crippen molar-refractivity contribution in [2.24, 2.45) is 7.05 Å². The number of likely N-dealkylation sites (tertiary alicyclic amines) is 1. The first-order valence-corrected chi connectivity index (χ1v) is 10.8. The molecule has 0 unspecified atom stereocenters. The highest BCUT2D eigenvalue weighted by molar-refractivity contribution is 7.92. The highest BCUT2D eigenvalue weighted by Crippen LogP contribution is 2.26. The molecule has 8 heteroatoms. The van der Waals surface area contributed by atoms with Gasteiger partial charge in [-0.3, -0.25) is 9.52 Å². The Bertz CT molecular complexity index is 976. The van der Waals surface area contributed by atoms with E-state index in [-0.39, 0.29) is 10.8 Å². The fourth-order valence-electron chi connectivity index (χ4n) is 3.27. The number of rotatable bonds is 4. The molecule has 0 bridgehead atoms. The second-order valence-corrected chi connectivity index (χ2v) is 9.02. The second kappa shape index (κ2) is 7.56. The number of aryl methyl sites for hydroxylation is 1. The molecule has 1 fully saturated rings. The van der Waals surface area contributed by atoms with E-state index in [1.807, 2.05) is 6.92 Å². The van der Waals surface area contributed by atoms with Crippen LogP contribution in [-0.2, 0) is 17.1 Å². The van der Waals surface area contributed by atoms with Gasteiger partial charge in [0.2, 0.25) is 0 Å². The zero-order valence-corrected chi connectivity index (χ0v) is 17.3. The van der Waals surface area contributed by atoms with Crippen molar-refractivity contribution in [1.29, 1.82) is 0 Å². The Morgan fingerprint density at radius 2 is 1.78 bits per heavy atom. The SMILES string of the molecule is Cc1ccc(NS(=O)(=O)c2cc(C(=O)N3CCCCC3)n(C)c2C)cc1Cl. The van der Waals surface area contributed by atoms with Crippen LogP contribution in [0.5, 0.6) is 0 Å². The first kappa shape index (κ1) is 19.8. The smallest absolute Gasteiger partial charge is 0.270 e. The molecule has 1 N–H and O–H groups in total. The van der Waals surface area contributed by atoms with Crippen LogP contribution in [-0.4, -0.2) is 36.9 Å². The molecule has 3 rings (SSSR count). The van der Waals surface area contributed by atoms with Crippen molar-refractivity contribution in [3.8, 4) is 0 Å². The number of carbonyl (C=O) groups is 1. The highest BCUT2D eigenvalue weighted by atomic mass is 35.5. The van der Waals surface area contributed by atoms with Crippen molar-refractivity contribution >= 4 is 33.2 Å². The van der Waals surface area contributed by atoms with Crippen LogP contribution >= 0.6 is 11.6 Å². The van der Waals surface area contributed by atoms with Gasteiger partial charge in [-0.2, -0.15) is 0 Å². The monoisotopic (exact) mass is 409 g/mol. The summed E-state index contributed by atoms with van der Waals surface area (Å²) in [7, 11) is -2.12. The lowest BCUT2D eigenvalue weighted by Crippen LogP contribution is -2.36. The average molecular weight is 410 g/mol. The number of hydrogen-bond donors (Lipinski definition) is 1. The van der Waals surface area contributed by atoms with E-state index >= 15 is 0 Å². The molecule has 0 aliphatic carbocycles. The number of amides is 1. The number of nitrogens with zero attached hydrogens (tertiary/aromatic N) is 2. The number of benzene rings is 1. The van der Waals surface area contributed by atoms with Crippen molar-refractivity contribution in [2.75, 3.05) is 17.8 Å². The fourth-order valence-corrected chi connectivity index (χ4v) is 4.79. The van der Waals surface area contributed by atoms with Gasteiger partial charge >= 0.3 is 0 Å². The van der Waals surface area contributed by atoms with E-state index in [0.29, 0.717) is 35.2 Å². The van der Waals surface area contributed by atoms with Crippen LogP contribution in [0.4, 0.5) is 5.69 Å². The Hall–Kier alpha value is -1.99. The van der Waals surface area contributed by atoms with Crippen LogP contribution in [0.3, 0.4) is 0 Å². The lowest BCUT2D eigenvalue weighted by molar-refractivity contribution is 0.0714. The number of aromatic nitrogens is 1. The predicted octanol–water partition coefficient (Wildman–Crippen LogP) is 3.72. The third-order valence-electron chi connectivity index (χ3n) is 5.06. The lowest BCUT2D eigenvalue weighted by atomic mass is 10.1. The van der Waals surface area contributed by atoms with Crippen molar-refractivity contribution < 1.29 is 13.2 Å². The molecule has 0 atom stereocenters. The van der Waals surface area contributed by atoms with Gasteiger partial charge in [-0.1, -0.05) is 17.7 Å². The van der Waals surface area contributed by atoms with Crippen LogP contribution in [0.25, 0.3) is 0 Å². The maximum Gasteiger partial charge on any atom is 0.270 e. The van der Waals surface area contributed by atoms with E-state index in [1.54, 1.807) is 41.6 Å². The highest BCUT2D eigenvalue weighted by Gasteiger charge is 2.27. The summed E-state index contributed by atoms with van der Waals surface area (Å²) < 4.78 is 30.0. The second-order valence-electron chi connectivity index (χ2n) is 6.96. The Morgan fingerprint density at radius 1 is 1.11 bits per heavy atom. The van der Waals surface area contributed by atoms with Crippen molar-refractivity contribution in [1.82, 2.24) is 9.47 Å². The van der Waals surface area contributed by atoms with Gasteiger partial charge in [0.05, 0.1) is 5.69 Å².